The van der Waals surface area contributed by atoms with E-state index in [-0.39, 0.29) is 10.8 Å². The van der Waals surface area contributed by atoms with Crippen LogP contribution in [0.1, 0.15) is 11.6 Å². The molecule has 1 aromatic heterocycles. The van der Waals surface area contributed by atoms with Gasteiger partial charge in [-0.25, -0.2) is 9.97 Å². The highest BCUT2D eigenvalue weighted by molar-refractivity contribution is 6.30. The molecule has 0 bridgehead atoms. The Balaban J connectivity index is 1.96. The lowest BCUT2D eigenvalue weighted by molar-refractivity contribution is -0.116. The Bertz CT molecular complexity index is 984. The van der Waals surface area contributed by atoms with Crippen LogP contribution in [0, 0.1) is 11.3 Å². The van der Waals surface area contributed by atoms with E-state index in [9.17, 15) is 10.1 Å². The fourth-order valence-corrected chi connectivity index (χ4v) is 2.61. The predicted molar refractivity (Wildman–Crippen MR) is 94.5 cm³/mol. The number of carbonyl (C=O) groups is 1. The number of hydrogen-bond donors (Lipinski definition) is 1. The zero-order chi connectivity index (χ0) is 17.8. The number of para-hydroxylation sites is 4. The molecule has 7 heteroatoms. The van der Waals surface area contributed by atoms with Gasteiger partial charge in [-0.2, -0.15) is 5.26 Å². The summed E-state index contributed by atoms with van der Waals surface area (Å²) in [5.74, 6) is -1.27. The number of aromatic nitrogens is 2. The minimum absolute atomic E-state index is 0.0282. The second kappa shape index (κ2) is 7.16. The normalized spacial score (nSPS) is 11.6. The van der Waals surface area contributed by atoms with E-state index in [1.54, 1.807) is 42.5 Å². The molecular formula is C18H13ClN4O2. The van der Waals surface area contributed by atoms with Crippen LogP contribution in [0.25, 0.3) is 11.0 Å². The molecule has 1 heterocycles. The van der Waals surface area contributed by atoms with Crippen LogP contribution < -0.4 is 10.1 Å². The first-order valence-corrected chi connectivity index (χ1v) is 7.77. The number of rotatable bonds is 4. The maximum Gasteiger partial charge on any atom is 0.248 e. The van der Waals surface area contributed by atoms with Crippen LogP contribution >= 0.6 is 11.6 Å². The van der Waals surface area contributed by atoms with E-state index in [1.165, 1.54) is 7.11 Å². The number of nitrogens with zero attached hydrogens (tertiary/aromatic N) is 3. The standard InChI is InChI=1S/C18H13ClN4O2/c1-25-15-9-5-4-8-14(15)23-18(24)11(10-20)16-17(19)22-13-7-3-2-6-12(13)21-16/h2-9,11H,1H3,(H,23,24)/t11-/m1/s1. The third-order valence-corrected chi connectivity index (χ3v) is 3.86. The molecule has 0 saturated carbocycles. The monoisotopic (exact) mass is 352 g/mol. The predicted octanol–water partition coefficient (Wildman–Crippen LogP) is 3.54. The van der Waals surface area contributed by atoms with Crippen molar-refractivity contribution in [3.8, 4) is 11.8 Å². The number of hydrogen-bond acceptors (Lipinski definition) is 5. The number of anilines is 1. The van der Waals surface area contributed by atoms with Gasteiger partial charge in [0.1, 0.15) is 11.4 Å². The van der Waals surface area contributed by atoms with Crippen molar-refractivity contribution in [2.45, 2.75) is 5.92 Å². The number of methoxy groups -OCH3 is 1. The van der Waals surface area contributed by atoms with Crippen LogP contribution in [0.3, 0.4) is 0 Å². The molecule has 0 aliphatic rings. The van der Waals surface area contributed by atoms with Crippen molar-refractivity contribution in [1.29, 1.82) is 5.26 Å². The first-order chi connectivity index (χ1) is 12.1. The zero-order valence-electron chi connectivity index (χ0n) is 13.2. The molecule has 1 N–H and O–H groups in total. The number of halogens is 1. The fraction of sp³-hybridized carbons (Fsp3) is 0.111. The van der Waals surface area contributed by atoms with Gasteiger partial charge < -0.3 is 10.1 Å². The average Bonchev–Trinajstić information content (AvgIpc) is 2.63. The number of amides is 1. The Morgan fingerprint density at radius 1 is 1.16 bits per heavy atom. The second-order valence-corrected chi connectivity index (χ2v) is 5.50. The summed E-state index contributed by atoms with van der Waals surface area (Å²) < 4.78 is 5.20. The summed E-state index contributed by atoms with van der Waals surface area (Å²) in [7, 11) is 1.50. The second-order valence-electron chi connectivity index (χ2n) is 5.14. The SMILES string of the molecule is COc1ccccc1NC(=O)[C@H](C#N)c1nc2ccccc2nc1Cl. The first kappa shape index (κ1) is 16.7. The smallest absolute Gasteiger partial charge is 0.248 e. The van der Waals surface area contributed by atoms with Crippen molar-refractivity contribution >= 4 is 34.2 Å². The van der Waals surface area contributed by atoms with E-state index in [0.717, 1.165) is 0 Å². The van der Waals surface area contributed by atoms with Crippen molar-refractivity contribution in [2.24, 2.45) is 0 Å². The first-order valence-electron chi connectivity index (χ1n) is 7.39. The Labute approximate surface area is 149 Å². The molecule has 0 unspecified atom stereocenters. The highest BCUT2D eigenvalue weighted by Gasteiger charge is 2.26. The molecule has 0 saturated heterocycles. The van der Waals surface area contributed by atoms with Gasteiger partial charge >= 0.3 is 0 Å². The van der Waals surface area contributed by atoms with E-state index in [2.05, 4.69) is 15.3 Å². The van der Waals surface area contributed by atoms with Crippen molar-refractivity contribution in [1.82, 2.24) is 9.97 Å². The van der Waals surface area contributed by atoms with Crippen LogP contribution in [0.2, 0.25) is 5.15 Å². The molecular weight excluding hydrogens is 340 g/mol. The highest BCUT2D eigenvalue weighted by atomic mass is 35.5. The van der Waals surface area contributed by atoms with E-state index in [1.807, 2.05) is 12.1 Å². The van der Waals surface area contributed by atoms with Crippen LogP contribution in [-0.4, -0.2) is 23.0 Å². The molecule has 6 nitrogen and oxygen atoms in total. The zero-order valence-corrected chi connectivity index (χ0v) is 14.0. The molecule has 3 aromatic rings. The summed E-state index contributed by atoms with van der Waals surface area (Å²) in [5, 5.41) is 12.2. The van der Waals surface area contributed by atoms with Gasteiger partial charge in [0.25, 0.3) is 0 Å². The van der Waals surface area contributed by atoms with Crippen LogP contribution in [0.5, 0.6) is 5.75 Å². The number of ether oxygens (including phenoxy) is 1. The van der Waals surface area contributed by atoms with Gasteiger partial charge in [0.05, 0.1) is 29.9 Å². The van der Waals surface area contributed by atoms with Crippen molar-refractivity contribution < 1.29 is 9.53 Å². The largest absolute Gasteiger partial charge is 0.495 e. The summed E-state index contributed by atoms with van der Waals surface area (Å²) in [6.45, 7) is 0. The number of nitriles is 1. The Morgan fingerprint density at radius 2 is 1.80 bits per heavy atom. The van der Waals surface area contributed by atoms with E-state index >= 15 is 0 Å². The van der Waals surface area contributed by atoms with E-state index in [0.29, 0.717) is 22.5 Å². The minimum Gasteiger partial charge on any atom is -0.495 e. The lowest BCUT2D eigenvalue weighted by atomic mass is 10.1. The summed E-state index contributed by atoms with van der Waals surface area (Å²) >= 11 is 6.15. The third-order valence-electron chi connectivity index (χ3n) is 3.58. The Morgan fingerprint density at radius 3 is 2.48 bits per heavy atom. The number of fused-ring (bicyclic) bond motifs is 1. The topological polar surface area (TPSA) is 87.9 Å². The summed E-state index contributed by atoms with van der Waals surface area (Å²) in [6.07, 6.45) is 0. The molecule has 0 radical (unpaired) electrons. The van der Waals surface area contributed by atoms with Crippen LogP contribution in [0.15, 0.2) is 48.5 Å². The average molecular weight is 353 g/mol. The lowest BCUT2D eigenvalue weighted by Gasteiger charge is -2.13. The quantitative estimate of drug-likeness (QED) is 0.775. The van der Waals surface area contributed by atoms with Crippen LogP contribution in [-0.2, 0) is 4.79 Å². The molecule has 1 amide bonds. The van der Waals surface area contributed by atoms with E-state index in [4.69, 9.17) is 16.3 Å². The molecule has 124 valence electrons. The maximum absolute atomic E-state index is 12.6. The summed E-state index contributed by atoms with van der Waals surface area (Å²) in [6, 6.07) is 16.0. The van der Waals surface area contributed by atoms with Gasteiger partial charge in [0, 0.05) is 0 Å². The Kier molecular flexibility index (Phi) is 4.78. The molecule has 0 fully saturated rings. The summed E-state index contributed by atoms with van der Waals surface area (Å²) in [4.78, 5) is 21.1. The van der Waals surface area contributed by atoms with Gasteiger partial charge in [-0.05, 0) is 24.3 Å². The maximum atomic E-state index is 12.6. The number of nitrogens with one attached hydrogen (secondary N) is 1. The molecule has 0 aliphatic carbocycles. The number of benzene rings is 2. The Hall–Kier alpha value is -3.17. The molecule has 25 heavy (non-hydrogen) atoms. The van der Waals surface area contributed by atoms with E-state index < -0.39 is 11.8 Å². The van der Waals surface area contributed by atoms with Gasteiger partial charge in [-0.15, -0.1) is 0 Å². The fourth-order valence-electron chi connectivity index (χ4n) is 2.37. The highest BCUT2D eigenvalue weighted by Crippen LogP contribution is 2.27. The van der Waals surface area contributed by atoms with Crippen molar-refractivity contribution in [3.63, 3.8) is 0 Å². The van der Waals surface area contributed by atoms with Gasteiger partial charge in [0.2, 0.25) is 5.91 Å². The van der Waals surface area contributed by atoms with Crippen molar-refractivity contribution in [2.75, 3.05) is 12.4 Å². The molecule has 0 aliphatic heterocycles. The summed E-state index contributed by atoms with van der Waals surface area (Å²) in [5.41, 5.74) is 1.74. The van der Waals surface area contributed by atoms with Gasteiger partial charge in [0.15, 0.2) is 11.1 Å². The van der Waals surface area contributed by atoms with Crippen molar-refractivity contribution in [3.05, 3.63) is 59.4 Å². The molecule has 0 spiro atoms. The number of carbonyl (C=O) groups excluding carboxylic acids is 1. The van der Waals surface area contributed by atoms with Gasteiger partial charge in [-0.1, -0.05) is 35.9 Å². The minimum atomic E-state index is -1.20. The third kappa shape index (κ3) is 3.37. The molecule has 1 atom stereocenters. The van der Waals surface area contributed by atoms with Crippen LogP contribution in [0.4, 0.5) is 5.69 Å². The molecule has 3 rings (SSSR count). The lowest BCUT2D eigenvalue weighted by Crippen LogP contribution is -2.22. The van der Waals surface area contributed by atoms with Gasteiger partial charge in [-0.3, -0.25) is 4.79 Å². The molecule has 2 aromatic carbocycles.